The number of carbonyl (C=O) groups is 1. The monoisotopic (exact) mass is 543 g/mol. The van der Waals surface area contributed by atoms with Gasteiger partial charge in [-0.1, -0.05) is 41.9 Å². The number of amides is 1. The van der Waals surface area contributed by atoms with Gasteiger partial charge in [-0.25, -0.2) is 13.8 Å². The van der Waals surface area contributed by atoms with Gasteiger partial charge in [-0.15, -0.1) is 0 Å². The summed E-state index contributed by atoms with van der Waals surface area (Å²) >= 11 is 6.06. The Morgan fingerprint density at radius 3 is 2.38 bits per heavy atom. The Bertz CT molecular complexity index is 1400. The van der Waals surface area contributed by atoms with E-state index in [4.69, 9.17) is 11.6 Å². The normalized spacial score (nSPS) is 11.3. The van der Waals surface area contributed by atoms with E-state index in [1.54, 1.807) is 42.5 Å². The standard InChI is InChI=1S/C25H26ClN5O5S/c1-3-29(4-2)23-14-13-19(15-24(23)31(33)34)17-27-28-25(32)18-30(21-10-8-9-20(26)16-21)37(35,36)22-11-6-5-7-12-22/h5-17H,3-4,18H2,1-2H3,(H,28,32)/b27-17-. The van der Waals surface area contributed by atoms with E-state index >= 15 is 0 Å². The van der Waals surface area contributed by atoms with Crippen LogP contribution in [0.3, 0.4) is 0 Å². The summed E-state index contributed by atoms with van der Waals surface area (Å²) in [5, 5.41) is 15.7. The van der Waals surface area contributed by atoms with Crippen molar-refractivity contribution in [3.05, 3.63) is 93.5 Å². The number of benzene rings is 3. The number of carbonyl (C=O) groups excluding carboxylic acids is 1. The first kappa shape index (κ1) is 27.6. The number of rotatable bonds is 11. The molecule has 0 spiro atoms. The van der Waals surface area contributed by atoms with Crippen LogP contribution in [0, 0.1) is 10.1 Å². The molecule has 0 unspecified atom stereocenters. The number of hydrogen-bond acceptors (Lipinski definition) is 7. The molecule has 0 aliphatic carbocycles. The predicted octanol–water partition coefficient (Wildman–Crippen LogP) is 4.44. The summed E-state index contributed by atoms with van der Waals surface area (Å²) < 4.78 is 27.6. The Balaban J connectivity index is 1.81. The lowest BCUT2D eigenvalue weighted by Gasteiger charge is -2.23. The SMILES string of the molecule is CCN(CC)c1ccc(/C=N\NC(=O)CN(c2cccc(Cl)c2)S(=O)(=O)c2ccccc2)cc1[N+](=O)[O-]. The number of nitro benzene ring substituents is 1. The van der Waals surface area contributed by atoms with Crippen molar-refractivity contribution in [1.82, 2.24) is 5.43 Å². The molecular formula is C25H26ClN5O5S. The van der Waals surface area contributed by atoms with E-state index in [1.165, 1.54) is 36.5 Å². The summed E-state index contributed by atoms with van der Waals surface area (Å²) in [7, 11) is -4.09. The van der Waals surface area contributed by atoms with Gasteiger partial charge in [0.1, 0.15) is 12.2 Å². The molecule has 3 rings (SSSR count). The smallest absolute Gasteiger partial charge is 0.293 e. The first-order chi connectivity index (χ1) is 17.7. The second-order valence-corrected chi connectivity index (χ2v) is 10.1. The molecule has 0 heterocycles. The topological polar surface area (TPSA) is 125 Å². The molecular weight excluding hydrogens is 518 g/mol. The van der Waals surface area contributed by atoms with E-state index in [0.29, 0.717) is 29.4 Å². The first-order valence-corrected chi connectivity index (χ1v) is 13.2. The third kappa shape index (κ3) is 6.83. The maximum absolute atomic E-state index is 13.3. The molecule has 0 aliphatic rings. The van der Waals surface area contributed by atoms with E-state index in [2.05, 4.69) is 10.5 Å². The van der Waals surface area contributed by atoms with Crippen LogP contribution >= 0.6 is 11.6 Å². The lowest BCUT2D eigenvalue weighted by molar-refractivity contribution is -0.384. The summed E-state index contributed by atoms with van der Waals surface area (Å²) in [6.07, 6.45) is 1.26. The second kappa shape index (κ2) is 12.3. The largest absolute Gasteiger partial charge is 0.367 e. The van der Waals surface area contributed by atoms with Gasteiger partial charge in [-0.3, -0.25) is 19.2 Å². The highest BCUT2D eigenvalue weighted by atomic mass is 35.5. The number of nitrogens with zero attached hydrogens (tertiary/aromatic N) is 4. The summed E-state index contributed by atoms with van der Waals surface area (Å²) in [6.45, 7) is 4.45. The van der Waals surface area contributed by atoms with Crippen LogP contribution in [0.2, 0.25) is 5.02 Å². The number of anilines is 2. The fraction of sp³-hybridized carbons (Fsp3) is 0.200. The lowest BCUT2D eigenvalue weighted by atomic mass is 10.1. The van der Waals surface area contributed by atoms with Crippen LogP contribution in [0.15, 0.2) is 82.8 Å². The van der Waals surface area contributed by atoms with Crippen LogP contribution in [-0.4, -0.2) is 45.1 Å². The van der Waals surface area contributed by atoms with Crippen LogP contribution in [-0.2, 0) is 14.8 Å². The molecule has 0 radical (unpaired) electrons. The van der Waals surface area contributed by atoms with E-state index in [1.807, 2.05) is 18.7 Å². The van der Waals surface area contributed by atoms with Gasteiger partial charge in [0.05, 0.1) is 21.7 Å². The molecule has 0 aromatic heterocycles. The molecule has 194 valence electrons. The van der Waals surface area contributed by atoms with Gasteiger partial charge in [-0.2, -0.15) is 5.10 Å². The average molecular weight is 544 g/mol. The van der Waals surface area contributed by atoms with Crippen molar-refractivity contribution in [3.63, 3.8) is 0 Å². The van der Waals surface area contributed by atoms with Crippen molar-refractivity contribution in [2.75, 3.05) is 28.8 Å². The summed E-state index contributed by atoms with van der Waals surface area (Å²) in [5.41, 5.74) is 3.29. The molecule has 12 heteroatoms. The van der Waals surface area contributed by atoms with Gasteiger partial charge >= 0.3 is 0 Å². The number of hydrogen-bond donors (Lipinski definition) is 1. The van der Waals surface area contributed by atoms with Gasteiger partial charge in [0.15, 0.2) is 0 Å². The van der Waals surface area contributed by atoms with Gasteiger partial charge in [-0.05, 0) is 50.2 Å². The van der Waals surface area contributed by atoms with Crippen molar-refractivity contribution >= 4 is 50.8 Å². The molecule has 0 aliphatic heterocycles. The fourth-order valence-corrected chi connectivity index (χ4v) is 5.23. The number of nitro groups is 1. The molecule has 1 amide bonds. The summed E-state index contributed by atoms with van der Waals surface area (Å²) in [5.74, 6) is -0.718. The Hall–Kier alpha value is -3.96. The van der Waals surface area contributed by atoms with E-state index < -0.39 is 27.4 Å². The third-order valence-corrected chi connectivity index (χ3v) is 7.44. The van der Waals surface area contributed by atoms with E-state index in [9.17, 15) is 23.3 Å². The highest BCUT2D eigenvalue weighted by Crippen LogP contribution is 2.29. The highest BCUT2D eigenvalue weighted by molar-refractivity contribution is 7.92. The lowest BCUT2D eigenvalue weighted by Crippen LogP contribution is -2.39. The van der Waals surface area contributed by atoms with Crippen molar-refractivity contribution in [3.8, 4) is 0 Å². The Kier molecular flexibility index (Phi) is 9.20. The average Bonchev–Trinajstić information content (AvgIpc) is 2.89. The molecule has 10 nitrogen and oxygen atoms in total. The second-order valence-electron chi connectivity index (χ2n) is 7.78. The van der Waals surface area contributed by atoms with Crippen LogP contribution in [0.1, 0.15) is 19.4 Å². The number of halogens is 1. The molecule has 0 saturated carbocycles. The zero-order chi connectivity index (χ0) is 27.0. The van der Waals surface area contributed by atoms with Crippen molar-refractivity contribution in [2.24, 2.45) is 5.10 Å². The van der Waals surface area contributed by atoms with Crippen molar-refractivity contribution < 1.29 is 18.1 Å². The Morgan fingerprint density at radius 2 is 1.76 bits per heavy atom. The minimum absolute atomic E-state index is 0.00637. The van der Waals surface area contributed by atoms with Crippen LogP contribution in [0.4, 0.5) is 17.1 Å². The summed E-state index contributed by atoms with van der Waals surface area (Å²) in [4.78, 5) is 25.7. The van der Waals surface area contributed by atoms with Gasteiger partial charge in [0.25, 0.3) is 21.6 Å². The van der Waals surface area contributed by atoms with Gasteiger partial charge in [0.2, 0.25) is 0 Å². The minimum Gasteiger partial charge on any atom is -0.367 e. The van der Waals surface area contributed by atoms with E-state index in [-0.39, 0.29) is 16.3 Å². The molecule has 0 saturated heterocycles. The minimum atomic E-state index is -4.09. The predicted molar refractivity (Wildman–Crippen MR) is 145 cm³/mol. The molecule has 1 N–H and O–H groups in total. The number of nitrogens with one attached hydrogen (secondary N) is 1. The zero-order valence-corrected chi connectivity index (χ0v) is 21.8. The maximum Gasteiger partial charge on any atom is 0.293 e. The Morgan fingerprint density at radius 1 is 1.05 bits per heavy atom. The van der Waals surface area contributed by atoms with Crippen LogP contribution in [0.5, 0.6) is 0 Å². The number of sulfonamides is 1. The van der Waals surface area contributed by atoms with E-state index in [0.717, 1.165) is 4.31 Å². The number of hydrazone groups is 1. The van der Waals surface area contributed by atoms with Gasteiger partial charge in [0, 0.05) is 29.7 Å². The fourth-order valence-electron chi connectivity index (χ4n) is 3.61. The molecule has 0 atom stereocenters. The third-order valence-electron chi connectivity index (χ3n) is 5.42. The molecule has 37 heavy (non-hydrogen) atoms. The van der Waals surface area contributed by atoms with Crippen molar-refractivity contribution in [1.29, 1.82) is 0 Å². The van der Waals surface area contributed by atoms with Gasteiger partial charge < -0.3 is 4.90 Å². The maximum atomic E-state index is 13.3. The zero-order valence-electron chi connectivity index (χ0n) is 20.2. The Labute approximate surface area is 220 Å². The van der Waals surface area contributed by atoms with Crippen LogP contribution in [0.25, 0.3) is 0 Å². The highest BCUT2D eigenvalue weighted by Gasteiger charge is 2.27. The first-order valence-electron chi connectivity index (χ1n) is 11.4. The van der Waals surface area contributed by atoms with Crippen LogP contribution < -0.4 is 14.6 Å². The van der Waals surface area contributed by atoms with Crippen molar-refractivity contribution in [2.45, 2.75) is 18.7 Å². The quantitative estimate of drug-likeness (QED) is 0.216. The molecule has 0 fully saturated rings. The molecule has 3 aromatic rings. The molecule has 0 bridgehead atoms. The molecule has 3 aromatic carbocycles. The summed E-state index contributed by atoms with van der Waals surface area (Å²) in [6, 6.07) is 18.5.